The van der Waals surface area contributed by atoms with Crippen molar-refractivity contribution in [3.05, 3.63) is 46.6 Å². The molecule has 0 spiro atoms. The van der Waals surface area contributed by atoms with E-state index in [4.69, 9.17) is 11.6 Å². The second-order valence-corrected chi connectivity index (χ2v) is 4.41. The van der Waals surface area contributed by atoms with E-state index in [1.165, 1.54) is 6.33 Å². The van der Waals surface area contributed by atoms with E-state index in [1.54, 1.807) is 6.20 Å². The van der Waals surface area contributed by atoms with Crippen LogP contribution in [-0.4, -0.2) is 21.5 Å². The minimum Gasteiger partial charge on any atom is -0.370 e. The Kier molecular flexibility index (Phi) is 4.91. The molecule has 0 aliphatic carbocycles. The molecule has 0 saturated carbocycles. The number of rotatable bonds is 3. The van der Waals surface area contributed by atoms with Gasteiger partial charge in [0.25, 0.3) is 0 Å². The SMILES string of the molecule is CCNc1ccc(C#Cc2c(Cl)ncnc2CC)cn1. The predicted octanol–water partition coefficient (Wildman–Crippen LogP) is 2.92. The van der Waals surface area contributed by atoms with Gasteiger partial charge in [-0.1, -0.05) is 30.4 Å². The average molecular weight is 287 g/mol. The first-order valence-corrected chi connectivity index (χ1v) is 6.83. The van der Waals surface area contributed by atoms with Crippen LogP contribution in [0.25, 0.3) is 0 Å². The molecular formula is C15H15ClN4. The van der Waals surface area contributed by atoms with E-state index in [0.29, 0.717) is 10.7 Å². The van der Waals surface area contributed by atoms with E-state index in [-0.39, 0.29) is 0 Å². The molecule has 0 fully saturated rings. The molecule has 2 heterocycles. The molecule has 0 unspecified atom stereocenters. The van der Waals surface area contributed by atoms with E-state index in [1.807, 2.05) is 26.0 Å². The van der Waals surface area contributed by atoms with Crippen LogP contribution in [0, 0.1) is 11.8 Å². The number of nitrogens with zero attached hydrogens (tertiary/aromatic N) is 3. The van der Waals surface area contributed by atoms with Crippen molar-refractivity contribution >= 4 is 17.4 Å². The van der Waals surface area contributed by atoms with Crippen molar-refractivity contribution in [1.82, 2.24) is 15.0 Å². The zero-order valence-electron chi connectivity index (χ0n) is 11.4. The molecule has 2 aromatic heterocycles. The van der Waals surface area contributed by atoms with Gasteiger partial charge >= 0.3 is 0 Å². The Morgan fingerprint density at radius 3 is 2.65 bits per heavy atom. The summed E-state index contributed by atoms with van der Waals surface area (Å²) >= 11 is 6.06. The summed E-state index contributed by atoms with van der Waals surface area (Å²) in [4.78, 5) is 12.4. The molecule has 0 aromatic carbocycles. The molecule has 0 aliphatic rings. The lowest BCUT2D eigenvalue weighted by Crippen LogP contribution is -1.98. The van der Waals surface area contributed by atoms with Gasteiger partial charge in [0, 0.05) is 18.3 Å². The van der Waals surface area contributed by atoms with Crippen molar-refractivity contribution < 1.29 is 0 Å². The first kappa shape index (κ1) is 14.3. The van der Waals surface area contributed by atoms with Gasteiger partial charge in [0.1, 0.15) is 17.3 Å². The van der Waals surface area contributed by atoms with Gasteiger partial charge in [0.2, 0.25) is 0 Å². The Hall–Kier alpha value is -2.12. The van der Waals surface area contributed by atoms with Crippen LogP contribution >= 0.6 is 11.6 Å². The number of halogens is 1. The lowest BCUT2D eigenvalue weighted by molar-refractivity contribution is 0.989. The van der Waals surface area contributed by atoms with Crippen LogP contribution in [0.4, 0.5) is 5.82 Å². The van der Waals surface area contributed by atoms with Crippen molar-refractivity contribution in [2.45, 2.75) is 20.3 Å². The zero-order valence-corrected chi connectivity index (χ0v) is 12.2. The lowest BCUT2D eigenvalue weighted by Gasteiger charge is -2.01. The van der Waals surface area contributed by atoms with Crippen LogP contribution in [0.5, 0.6) is 0 Å². The van der Waals surface area contributed by atoms with Crippen LogP contribution in [-0.2, 0) is 6.42 Å². The number of pyridine rings is 1. The average Bonchev–Trinajstić information content (AvgIpc) is 2.47. The number of aromatic nitrogens is 3. The van der Waals surface area contributed by atoms with E-state index in [2.05, 4.69) is 32.1 Å². The third kappa shape index (κ3) is 3.46. The second-order valence-electron chi connectivity index (χ2n) is 4.05. The molecule has 2 rings (SSSR count). The van der Waals surface area contributed by atoms with Crippen LogP contribution in [0.3, 0.4) is 0 Å². The minimum absolute atomic E-state index is 0.390. The van der Waals surface area contributed by atoms with E-state index < -0.39 is 0 Å². The molecule has 0 bridgehead atoms. The van der Waals surface area contributed by atoms with Crippen LogP contribution in [0.2, 0.25) is 5.15 Å². The molecule has 0 radical (unpaired) electrons. The van der Waals surface area contributed by atoms with E-state index in [0.717, 1.165) is 30.0 Å². The van der Waals surface area contributed by atoms with E-state index in [9.17, 15) is 0 Å². The van der Waals surface area contributed by atoms with Crippen molar-refractivity contribution in [2.75, 3.05) is 11.9 Å². The summed E-state index contributed by atoms with van der Waals surface area (Å²) < 4.78 is 0. The maximum Gasteiger partial charge on any atom is 0.148 e. The lowest BCUT2D eigenvalue weighted by atomic mass is 10.2. The third-order valence-electron chi connectivity index (χ3n) is 2.67. The van der Waals surface area contributed by atoms with Crippen molar-refractivity contribution in [3.8, 4) is 11.8 Å². The fourth-order valence-corrected chi connectivity index (χ4v) is 1.88. The van der Waals surface area contributed by atoms with Gasteiger partial charge < -0.3 is 5.32 Å². The zero-order chi connectivity index (χ0) is 14.4. The van der Waals surface area contributed by atoms with Crippen LogP contribution < -0.4 is 5.32 Å². The third-order valence-corrected chi connectivity index (χ3v) is 2.95. The number of hydrogen-bond donors (Lipinski definition) is 1. The molecule has 102 valence electrons. The number of nitrogens with one attached hydrogen (secondary N) is 1. The minimum atomic E-state index is 0.390. The van der Waals surface area contributed by atoms with Gasteiger partial charge in [0.05, 0.1) is 11.3 Å². The maximum absolute atomic E-state index is 6.06. The summed E-state index contributed by atoms with van der Waals surface area (Å²) in [5.41, 5.74) is 2.37. The molecule has 5 heteroatoms. The standard InChI is InChI=1S/C15H15ClN4/c1-3-13-12(15(16)20-10-19-13)7-5-11-6-8-14(17-4-2)18-9-11/h6,8-10H,3-4H2,1-2H3,(H,17,18). The molecule has 4 nitrogen and oxygen atoms in total. The fourth-order valence-electron chi connectivity index (χ4n) is 1.68. The first-order chi connectivity index (χ1) is 9.74. The Morgan fingerprint density at radius 2 is 2.00 bits per heavy atom. The fraction of sp³-hybridized carbons (Fsp3) is 0.267. The molecule has 0 amide bonds. The highest BCUT2D eigenvalue weighted by molar-refractivity contribution is 6.30. The summed E-state index contributed by atoms with van der Waals surface area (Å²) in [6.07, 6.45) is 3.96. The second kappa shape index (κ2) is 6.88. The molecule has 20 heavy (non-hydrogen) atoms. The number of anilines is 1. The molecule has 0 atom stereocenters. The van der Waals surface area contributed by atoms with E-state index >= 15 is 0 Å². The topological polar surface area (TPSA) is 50.7 Å². The van der Waals surface area contributed by atoms with Gasteiger partial charge in [-0.15, -0.1) is 0 Å². The number of aryl methyl sites for hydroxylation is 1. The largest absolute Gasteiger partial charge is 0.370 e. The highest BCUT2D eigenvalue weighted by atomic mass is 35.5. The van der Waals surface area contributed by atoms with Crippen LogP contribution in [0.15, 0.2) is 24.7 Å². The van der Waals surface area contributed by atoms with Gasteiger partial charge in [-0.2, -0.15) is 0 Å². The first-order valence-electron chi connectivity index (χ1n) is 6.46. The van der Waals surface area contributed by atoms with Gasteiger partial charge in [-0.05, 0) is 25.5 Å². The van der Waals surface area contributed by atoms with Crippen molar-refractivity contribution in [1.29, 1.82) is 0 Å². The molecular weight excluding hydrogens is 272 g/mol. The van der Waals surface area contributed by atoms with Gasteiger partial charge in [-0.25, -0.2) is 15.0 Å². The summed E-state index contributed by atoms with van der Waals surface area (Å²) in [6.45, 7) is 4.88. The molecule has 2 aromatic rings. The maximum atomic E-state index is 6.06. The van der Waals surface area contributed by atoms with Crippen molar-refractivity contribution in [3.63, 3.8) is 0 Å². The monoisotopic (exact) mass is 286 g/mol. The summed E-state index contributed by atoms with van der Waals surface area (Å²) in [7, 11) is 0. The summed E-state index contributed by atoms with van der Waals surface area (Å²) in [5.74, 6) is 6.92. The Bertz CT molecular complexity index is 641. The summed E-state index contributed by atoms with van der Waals surface area (Å²) in [6, 6.07) is 3.82. The molecule has 0 aliphatic heterocycles. The Morgan fingerprint density at radius 1 is 1.15 bits per heavy atom. The number of hydrogen-bond acceptors (Lipinski definition) is 4. The normalized spacial score (nSPS) is 9.75. The van der Waals surface area contributed by atoms with Crippen molar-refractivity contribution in [2.24, 2.45) is 0 Å². The molecule has 1 N–H and O–H groups in total. The Labute approximate surface area is 123 Å². The van der Waals surface area contributed by atoms with Gasteiger partial charge in [-0.3, -0.25) is 0 Å². The quantitative estimate of drug-likeness (QED) is 0.696. The van der Waals surface area contributed by atoms with Crippen LogP contribution in [0.1, 0.15) is 30.7 Å². The Balaban J connectivity index is 2.26. The predicted molar refractivity (Wildman–Crippen MR) is 80.8 cm³/mol. The molecule has 0 saturated heterocycles. The summed E-state index contributed by atoms with van der Waals surface area (Å²) in [5, 5.41) is 3.53. The highest BCUT2D eigenvalue weighted by Gasteiger charge is 2.05. The van der Waals surface area contributed by atoms with Gasteiger partial charge in [0.15, 0.2) is 0 Å². The smallest absolute Gasteiger partial charge is 0.148 e. The highest BCUT2D eigenvalue weighted by Crippen LogP contribution is 2.14.